The van der Waals surface area contributed by atoms with Gasteiger partial charge in [0.05, 0.1) is 18.8 Å². The molecular weight excluding hydrogens is 641 g/mol. The highest BCUT2D eigenvalue weighted by molar-refractivity contribution is 7.99. The predicted molar refractivity (Wildman–Crippen MR) is 190 cm³/mol. The van der Waals surface area contributed by atoms with Gasteiger partial charge in [0.15, 0.2) is 6.29 Å². The van der Waals surface area contributed by atoms with Crippen LogP contribution in [0.25, 0.3) is 11.1 Å². The standard InChI is InChI=1S/C39H42N2O7S/c1-26(43)41-33-17-19-35(20-18-33)49-25-34-22-36(30-11-9-27(24-42)10-12-30)48-39(47-34)31-15-13-29(14-16-31)32-6-4-5-28(21-32)23-40-37(44)7-2-3-8-38(45)46/h4-6,9-21,34,36,39,42H,2-3,7-8,22-25H2,1H3,(H,40,44)(H,41,43)(H,45,46)/t34-,36+,39+/m1/s1. The van der Waals surface area contributed by atoms with Crippen molar-refractivity contribution in [2.24, 2.45) is 0 Å². The summed E-state index contributed by atoms with van der Waals surface area (Å²) in [4.78, 5) is 35.3. The Balaban J connectivity index is 1.24. The summed E-state index contributed by atoms with van der Waals surface area (Å²) in [5.41, 5.74) is 6.55. The van der Waals surface area contributed by atoms with Crippen LogP contribution in [0.1, 0.15) is 73.7 Å². The van der Waals surface area contributed by atoms with Gasteiger partial charge in [-0.15, -0.1) is 11.8 Å². The van der Waals surface area contributed by atoms with Crippen LogP contribution >= 0.6 is 11.8 Å². The van der Waals surface area contributed by atoms with E-state index < -0.39 is 12.3 Å². The zero-order valence-electron chi connectivity index (χ0n) is 27.5. The number of carbonyl (C=O) groups is 3. The van der Waals surface area contributed by atoms with Crippen LogP contribution in [-0.4, -0.2) is 39.9 Å². The first-order chi connectivity index (χ1) is 23.7. The minimum absolute atomic E-state index is 0.0163. The van der Waals surface area contributed by atoms with Gasteiger partial charge in [-0.05, 0) is 71.0 Å². The Hall–Kier alpha value is -4.48. The number of hydrogen-bond donors (Lipinski definition) is 4. The van der Waals surface area contributed by atoms with Crippen LogP contribution in [0.5, 0.6) is 0 Å². The maximum absolute atomic E-state index is 12.2. The van der Waals surface area contributed by atoms with E-state index in [9.17, 15) is 19.5 Å². The molecule has 4 N–H and O–H groups in total. The molecule has 10 heteroatoms. The highest BCUT2D eigenvalue weighted by atomic mass is 32.2. The van der Waals surface area contributed by atoms with Gasteiger partial charge in [-0.3, -0.25) is 14.4 Å². The number of aliphatic hydroxyl groups is 1. The van der Waals surface area contributed by atoms with Crippen LogP contribution < -0.4 is 10.6 Å². The number of benzene rings is 4. The lowest BCUT2D eigenvalue weighted by atomic mass is 9.99. The summed E-state index contributed by atoms with van der Waals surface area (Å²) >= 11 is 1.69. The summed E-state index contributed by atoms with van der Waals surface area (Å²) < 4.78 is 13.1. The Kier molecular flexibility index (Phi) is 13.0. The summed E-state index contributed by atoms with van der Waals surface area (Å²) in [5.74, 6) is -0.326. The monoisotopic (exact) mass is 682 g/mol. The zero-order valence-corrected chi connectivity index (χ0v) is 28.3. The van der Waals surface area contributed by atoms with Crippen molar-refractivity contribution in [2.45, 2.75) is 75.6 Å². The van der Waals surface area contributed by atoms with Crippen LogP contribution in [0.4, 0.5) is 5.69 Å². The molecule has 1 saturated heterocycles. The van der Waals surface area contributed by atoms with E-state index in [1.165, 1.54) is 6.92 Å². The molecule has 4 aromatic rings. The molecule has 4 aromatic carbocycles. The lowest BCUT2D eigenvalue weighted by Gasteiger charge is -2.36. The summed E-state index contributed by atoms with van der Waals surface area (Å²) in [6.07, 6.45) is 1.23. The van der Waals surface area contributed by atoms with Gasteiger partial charge in [0.2, 0.25) is 11.8 Å². The Morgan fingerprint density at radius 1 is 0.816 bits per heavy atom. The molecule has 2 amide bonds. The summed E-state index contributed by atoms with van der Waals surface area (Å²) in [7, 11) is 0. The maximum atomic E-state index is 12.2. The van der Waals surface area contributed by atoms with Crippen LogP contribution in [-0.2, 0) is 37.0 Å². The molecule has 9 nitrogen and oxygen atoms in total. The van der Waals surface area contributed by atoms with Crippen molar-refractivity contribution in [1.29, 1.82) is 0 Å². The number of unbranched alkanes of at least 4 members (excludes halogenated alkanes) is 1. The number of hydrogen-bond acceptors (Lipinski definition) is 7. The minimum atomic E-state index is -0.846. The fraction of sp³-hybridized carbons (Fsp3) is 0.308. The predicted octanol–water partition coefficient (Wildman–Crippen LogP) is 7.40. The first-order valence-electron chi connectivity index (χ1n) is 16.4. The molecule has 0 aromatic heterocycles. The van der Waals surface area contributed by atoms with E-state index in [1.807, 2.05) is 91.0 Å². The molecule has 3 atom stereocenters. The number of carboxylic acids is 1. The van der Waals surface area contributed by atoms with Crippen LogP contribution in [0.15, 0.2) is 102 Å². The first kappa shape index (κ1) is 35.8. The van der Waals surface area contributed by atoms with Gasteiger partial charge in [-0.1, -0.05) is 66.7 Å². The smallest absolute Gasteiger partial charge is 0.303 e. The normalized spacial score (nSPS) is 17.3. The lowest BCUT2D eigenvalue weighted by molar-refractivity contribution is -0.245. The molecule has 0 aliphatic carbocycles. The lowest BCUT2D eigenvalue weighted by Crippen LogP contribution is -2.31. The van der Waals surface area contributed by atoms with Crippen molar-refractivity contribution >= 4 is 35.2 Å². The van der Waals surface area contributed by atoms with Crippen molar-refractivity contribution in [3.63, 3.8) is 0 Å². The molecule has 0 saturated carbocycles. The highest BCUT2D eigenvalue weighted by Crippen LogP contribution is 2.40. The largest absolute Gasteiger partial charge is 0.481 e. The van der Waals surface area contributed by atoms with E-state index in [-0.39, 0.29) is 37.0 Å². The van der Waals surface area contributed by atoms with Gasteiger partial charge < -0.3 is 30.3 Å². The molecule has 1 aliphatic rings. The average molecular weight is 683 g/mol. The number of rotatable bonds is 15. The van der Waals surface area contributed by atoms with E-state index >= 15 is 0 Å². The molecule has 0 bridgehead atoms. The summed E-state index contributed by atoms with van der Waals surface area (Å²) in [6, 6.07) is 31.7. The zero-order chi connectivity index (χ0) is 34.6. The molecule has 0 radical (unpaired) electrons. The molecule has 0 spiro atoms. The quantitative estimate of drug-likeness (QED) is 0.0753. The molecule has 1 aliphatic heterocycles. The number of nitrogens with one attached hydrogen (secondary N) is 2. The molecular formula is C39H42N2O7S. The maximum Gasteiger partial charge on any atom is 0.303 e. The average Bonchev–Trinajstić information content (AvgIpc) is 3.12. The molecule has 256 valence electrons. The Labute approximate surface area is 291 Å². The van der Waals surface area contributed by atoms with Crippen LogP contribution in [0, 0.1) is 0 Å². The van der Waals surface area contributed by atoms with Crippen LogP contribution in [0.2, 0.25) is 0 Å². The van der Waals surface area contributed by atoms with E-state index in [4.69, 9.17) is 14.6 Å². The highest BCUT2D eigenvalue weighted by Gasteiger charge is 2.32. The van der Waals surface area contributed by atoms with Gasteiger partial charge in [-0.25, -0.2) is 0 Å². The van der Waals surface area contributed by atoms with E-state index in [0.29, 0.717) is 38.0 Å². The first-order valence-corrected chi connectivity index (χ1v) is 17.4. The van der Waals surface area contributed by atoms with Gasteiger partial charge in [0.1, 0.15) is 0 Å². The fourth-order valence-electron chi connectivity index (χ4n) is 5.59. The van der Waals surface area contributed by atoms with Gasteiger partial charge >= 0.3 is 5.97 Å². The topological polar surface area (TPSA) is 134 Å². The second kappa shape index (κ2) is 17.8. The number of carbonyl (C=O) groups excluding carboxylic acids is 2. The van der Waals surface area contributed by atoms with Crippen molar-refractivity contribution in [2.75, 3.05) is 11.1 Å². The van der Waals surface area contributed by atoms with Gasteiger partial charge in [0, 0.05) is 54.6 Å². The number of carboxylic acid groups (broad SMARTS) is 1. The molecule has 1 heterocycles. The fourth-order valence-corrected chi connectivity index (χ4v) is 6.52. The molecule has 5 rings (SSSR count). The number of aliphatic hydroxyl groups excluding tert-OH is 1. The molecule has 49 heavy (non-hydrogen) atoms. The third kappa shape index (κ3) is 11.0. The van der Waals surface area contributed by atoms with Crippen molar-refractivity contribution in [3.8, 4) is 11.1 Å². The number of aliphatic carboxylic acids is 1. The molecule has 1 fully saturated rings. The number of ether oxygens (including phenoxy) is 2. The Morgan fingerprint density at radius 3 is 2.22 bits per heavy atom. The Bertz CT molecular complexity index is 1690. The summed E-state index contributed by atoms with van der Waals surface area (Å²) in [6.45, 7) is 1.87. The number of amides is 2. The van der Waals surface area contributed by atoms with E-state index in [0.717, 1.165) is 44.0 Å². The van der Waals surface area contributed by atoms with E-state index in [1.54, 1.807) is 11.8 Å². The SMILES string of the molecule is CC(=O)Nc1ccc(SC[C@H]2C[C@@H](c3ccc(CO)cc3)O[C@@H](c3ccc(-c4cccc(CNC(=O)CCCCC(=O)O)c4)cc3)O2)cc1. The van der Waals surface area contributed by atoms with Gasteiger partial charge in [-0.2, -0.15) is 0 Å². The third-order valence-electron chi connectivity index (χ3n) is 8.20. The number of anilines is 1. The van der Waals surface area contributed by atoms with Crippen LogP contribution in [0.3, 0.4) is 0 Å². The van der Waals surface area contributed by atoms with Crippen molar-refractivity contribution in [1.82, 2.24) is 5.32 Å². The van der Waals surface area contributed by atoms with Crippen molar-refractivity contribution < 1.29 is 34.1 Å². The minimum Gasteiger partial charge on any atom is -0.481 e. The van der Waals surface area contributed by atoms with Crippen molar-refractivity contribution in [3.05, 3.63) is 119 Å². The Morgan fingerprint density at radius 2 is 1.53 bits per heavy atom. The second-order valence-electron chi connectivity index (χ2n) is 12.1. The second-order valence-corrected chi connectivity index (χ2v) is 13.2. The van der Waals surface area contributed by atoms with E-state index in [2.05, 4.69) is 16.7 Å². The van der Waals surface area contributed by atoms with Gasteiger partial charge in [0.25, 0.3) is 0 Å². The third-order valence-corrected chi connectivity index (χ3v) is 9.35. The molecule has 0 unspecified atom stereocenters. The summed E-state index contributed by atoms with van der Waals surface area (Å²) in [5, 5.41) is 24.0. The number of thioether (sulfide) groups is 1.